The zero-order valence-corrected chi connectivity index (χ0v) is 13.6. The summed E-state index contributed by atoms with van der Waals surface area (Å²) >= 11 is 0. The van der Waals surface area contributed by atoms with Gasteiger partial charge in [0.1, 0.15) is 12.6 Å². The number of ether oxygens (including phenoxy) is 1. The number of hydrogen-bond acceptors (Lipinski definition) is 2. The Morgan fingerprint density at radius 3 is 2.57 bits per heavy atom. The Kier molecular flexibility index (Phi) is 4.74. The van der Waals surface area contributed by atoms with E-state index < -0.39 is 6.10 Å². The first-order valence-electron chi connectivity index (χ1n) is 7.90. The molecule has 1 aromatic heterocycles. The number of para-hydroxylation sites is 2. The van der Waals surface area contributed by atoms with Gasteiger partial charge in [-0.3, -0.25) is 0 Å². The third-order valence-electron chi connectivity index (χ3n) is 4.23. The van der Waals surface area contributed by atoms with Crippen molar-refractivity contribution < 1.29 is 14.4 Å². The zero-order chi connectivity index (χ0) is 16.2. The quantitative estimate of drug-likeness (QED) is 0.710. The van der Waals surface area contributed by atoms with Gasteiger partial charge < -0.3 is 9.84 Å². The first-order valence-corrected chi connectivity index (χ1v) is 7.90. The molecular formula is C19H23N2O2+. The van der Waals surface area contributed by atoms with Crippen molar-refractivity contribution in [3.63, 3.8) is 0 Å². The molecule has 0 aliphatic rings. The van der Waals surface area contributed by atoms with Crippen LogP contribution in [0.25, 0.3) is 11.0 Å². The first kappa shape index (κ1) is 15.7. The minimum atomic E-state index is -0.534. The van der Waals surface area contributed by atoms with Crippen LogP contribution >= 0.6 is 0 Å². The molecule has 0 radical (unpaired) electrons. The van der Waals surface area contributed by atoms with E-state index in [4.69, 9.17) is 4.74 Å². The van der Waals surface area contributed by atoms with Crippen LogP contribution in [-0.2, 0) is 24.9 Å². The van der Waals surface area contributed by atoms with Crippen LogP contribution in [0.3, 0.4) is 0 Å². The maximum atomic E-state index is 10.3. The van der Waals surface area contributed by atoms with Gasteiger partial charge in [0.05, 0.1) is 20.3 Å². The highest BCUT2D eigenvalue weighted by atomic mass is 16.5. The number of aryl methyl sites for hydroxylation is 1. The highest BCUT2D eigenvalue weighted by Crippen LogP contribution is 2.14. The lowest BCUT2D eigenvalue weighted by Gasteiger charge is -2.10. The molecule has 1 heterocycles. The van der Waals surface area contributed by atoms with Crippen molar-refractivity contribution in [2.24, 2.45) is 7.05 Å². The maximum absolute atomic E-state index is 10.3. The summed E-state index contributed by atoms with van der Waals surface area (Å²) in [4.78, 5) is 0. The first-order chi connectivity index (χ1) is 11.2. The van der Waals surface area contributed by atoms with Gasteiger partial charge in [0, 0.05) is 6.92 Å². The van der Waals surface area contributed by atoms with Crippen molar-refractivity contribution in [3.05, 3.63) is 66.0 Å². The van der Waals surface area contributed by atoms with Crippen molar-refractivity contribution in [3.8, 4) is 0 Å². The number of aliphatic hydroxyl groups is 1. The third-order valence-corrected chi connectivity index (χ3v) is 4.23. The van der Waals surface area contributed by atoms with Crippen molar-refractivity contribution in [1.82, 2.24) is 4.57 Å². The second kappa shape index (κ2) is 6.94. The molecule has 0 aliphatic heterocycles. The van der Waals surface area contributed by atoms with Crippen molar-refractivity contribution in [2.45, 2.75) is 26.2 Å². The highest BCUT2D eigenvalue weighted by molar-refractivity contribution is 5.72. The van der Waals surface area contributed by atoms with Gasteiger partial charge >= 0.3 is 0 Å². The number of aromatic nitrogens is 2. The molecule has 0 saturated heterocycles. The van der Waals surface area contributed by atoms with Gasteiger partial charge in [-0.05, 0) is 17.7 Å². The van der Waals surface area contributed by atoms with Gasteiger partial charge in [-0.2, -0.15) is 0 Å². The molecule has 1 atom stereocenters. The minimum absolute atomic E-state index is 0.324. The Morgan fingerprint density at radius 2 is 1.78 bits per heavy atom. The molecule has 3 rings (SSSR count). The second-order valence-electron chi connectivity index (χ2n) is 5.86. The van der Waals surface area contributed by atoms with Crippen LogP contribution in [0.15, 0.2) is 54.6 Å². The number of imidazole rings is 1. The fourth-order valence-electron chi connectivity index (χ4n) is 2.89. The SMILES string of the molecule is Cc1n(C[C@@H](O)COCc2ccccc2)c2ccccc2[n+]1C. The molecular weight excluding hydrogens is 288 g/mol. The van der Waals surface area contributed by atoms with Gasteiger partial charge in [0.25, 0.3) is 5.82 Å². The van der Waals surface area contributed by atoms with E-state index in [9.17, 15) is 5.11 Å². The largest absolute Gasteiger partial charge is 0.387 e. The van der Waals surface area contributed by atoms with Crippen LogP contribution in [-0.4, -0.2) is 22.4 Å². The Bertz CT molecular complexity index is 781. The summed E-state index contributed by atoms with van der Waals surface area (Å²) < 4.78 is 9.93. The normalized spacial score (nSPS) is 12.7. The maximum Gasteiger partial charge on any atom is 0.254 e. The summed E-state index contributed by atoms with van der Waals surface area (Å²) in [6.45, 7) is 3.45. The summed E-state index contributed by atoms with van der Waals surface area (Å²) in [6.07, 6.45) is -0.534. The molecule has 1 N–H and O–H groups in total. The standard InChI is InChI=1S/C19H23N2O2/c1-15-20(2)18-10-6-7-11-19(18)21(15)12-17(22)14-23-13-16-8-4-3-5-9-16/h3-11,17,22H,12-14H2,1-2H3/q+1/t17-/m1/s1. The molecule has 2 aromatic carbocycles. The fourth-order valence-corrected chi connectivity index (χ4v) is 2.89. The van der Waals surface area contributed by atoms with Gasteiger partial charge in [-0.15, -0.1) is 0 Å². The van der Waals surface area contributed by atoms with E-state index in [1.807, 2.05) is 49.5 Å². The van der Waals surface area contributed by atoms with E-state index in [1.165, 1.54) is 5.52 Å². The molecule has 0 fully saturated rings. The molecule has 120 valence electrons. The van der Waals surface area contributed by atoms with Gasteiger partial charge in [-0.25, -0.2) is 9.13 Å². The van der Waals surface area contributed by atoms with Crippen LogP contribution < -0.4 is 4.57 Å². The zero-order valence-electron chi connectivity index (χ0n) is 13.6. The number of rotatable bonds is 6. The summed E-state index contributed by atoms with van der Waals surface area (Å²) in [6, 6.07) is 18.2. The van der Waals surface area contributed by atoms with Gasteiger partial charge in [0.2, 0.25) is 0 Å². The molecule has 0 amide bonds. The predicted molar refractivity (Wildman–Crippen MR) is 90.0 cm³/mol. The topological polar surface area (TPSA) is 38.3 Å². The Balaban J connectivity index is 1.64. The van der Waals surface area contributed by atoms with Crippen molar-refractivity contribution in [1.29, 1.82) is 0 Å². The summed E-state index contributed by atoms with van der Waals surface area (Å²) in [5.41, 5.74) is 3.42. The predicted octanol–water partition coefficient (Wildman–Crippen LogP) is 2.35. The lowest BCUT2D eigenvalue weighted by atomic mass is 10.2. The molecule has 4 heteroatoms. The summed E-state index contributed by atoms with van der Waals surface area (Å²) in [5.74, 6) is 1.12. The second-order valence-corrected chi connectivity index (χ2v) is 5.86. The summed E-state index contributed by atoms with van der Waals surface area (Å²) in [7, 11) is 2.05. The number of hydrogen-bond donors (Lipinski definition) is 1. The number of benzene rings is 2. The molecule has 0 aliphatic carbocycles. The monoisotopic (exact) mass is 311 g/mol. The molecule has 23 heavy (non-hydrogen) atoms. The van der Waals surface area contributed by atoms with E-state index >= 15 is 0 Å². The Hall–Kier alpha value is -2.17. The van der Waals surface area contributed by atoms with Gasteiger partial charge in [0.15, 0.2) is 11.0 Å². The third kappa shape index (κ3) is 3.44. The molecule has 0 unspecified atom stereocenters. The minimum Gasteiger partial charge on any atom is -0.387 e. The van der Waals surface area contributed by atoms with Gasteiger partial charge in [-0.1, -0.05) is 42.5 Å². The van der Waals surface area contributed by atoms with Crippen molar-refractivity contribution >= 4 is 11.0 Å². The number of nitrogens with zero attached hydrogens (tertiary/aromatic N) is 2. The lowest BCUT2D eigenvalue weighted by Crippen LogP contribution is -2.32. The number of aliphatic hydroxyl groups excluding tert-OH is 1. The Morgan fingerprint density at radius 1 is 1.09 bits per heavy atom. The van der Waals surface area contributed by atoms with Crippen LogP contribution in [0, 0.1) is 6.92 Å². The lowest BCUT2D eigenvalue weighted by molar-refractivity contribution is -0.652. The average Bonchev–Trinajstić information content (AvgIpc) is 2.81. The van der Waals surface area contributed by atoms with Crippen LogP contribution in [0.4, 0.5) is 0 Å². The average molecular weight is 311 g/mol. The van der Waals surface area contributed by atoms with E-state index in [2.05, 4.69) is 28.2 Å². The molecule has 3 aromatic rings. The highest BCUT2D eigenvalue weighted by Gasteiger charge is 2.21. The smallest absolute Gasteiger partial charge is 0.254 e. The van der Waals surface area contributed by atoms with Crippen molar-refractivity contribution in [2.75, 3.05) is 6.61 Å². The van der Waals surface area contributed by atoms with Crippen LogP contribution in [0.5, 0.6) is 0 Å². The molecule has 0 spiro atoms. The summed E-state index contributed by atoms with van der Waals surface area (Å²) in [5, 5.41) is 10.3. The van der Waals surface area contributed by atoms with E-state index in [0.717, 1.165) is 16.9 Å². The molecule has 0 saturated carbocycles. The van der Waals surface area contributed by atoms with E-state index in [-0.39, 0.29) is 0 Å². The molecule has 0 bridgehead atoms. The van der Waals surface area contributed by atoms with Crippen LogP contribution in [0.1, 0.15) is 11.4 Å². The molecule has 4 nitrogen and oxygen atoms in total. The van der Waals surface area contributed by atoms with E-state index in [0.29, 0.717) is 19.8 Å². The number of fused-ring (bicyclic) bond motifs is 1. The Labute approximate surface area is 136 Å². The fraction of sp³-hybridized carbons (Fsp3) is 0.316. The van der Waals surface area contributed by atoms with Crippen LogP contribution in [0.2, 0.25) is 0 Å². The van der Waals surface area contributed by atoms with E-state index in [1.54, 1.807) is 0 Å².